The molecule has 4 heteroatoms. The average Bonchev–Trinajstić information content (AvgIpc) is 3.99. The number of nitrogens with zero attached hydrogens (tertiary/aromatic N) is 4. The van der Waals surface area contributed by atoms with Crippen LogP contribution >= 0.6 is 0 Å². The van der Waals surface area contributed by atoms with Crippen LogP contribution in [0.25, 0.3) is 99.1 Å². The highest BCUT2D eigenvalue weighted by atomic mass is 15.0. The van der Waals surface area contributed by atoms with E-state index in [-0.39, 0.29) is 0 Å². The molecule has 0 aliphatic heterocycles. The van der Waals surface area contributed by atoms with E-state index in [4.69, 9.17) is 0 Å². The largest absolute Gasteiger partial charge is 0.316 e. The third kappa shape index (κ3) is 4.02. The minimum atomic E-state index is 1.14. The van der Waals surface area contributed by atoms with Crippen LogP contribution in [0.5, 0.6) is 0 Å². The maximum atomic E-state index is 2.52. The predicted molar refractivity (Wildman–Crippen MR) is 226 cm³/mol. The van der Waals surface area contributed by atoms with Gasteiger partial charge in [0.25, 0.3) is 0 Å². The van der Waals surface area contributed by atoms with Gasteiger partial charge in [-0.3, -0.25) is 0 Å². The summed E-state index contributed by atoms with van der Waals surface area (Å²) in [6.07, 6.45) is 2.21. The molecule has 4 heterocycles. The van der Waals surface area contributed by atoms with Crippen LogP contribution < -0.4 is 0 Å². The van der Waals surface area contributed by atoms with Crippen LogP contribution in [0.4, 0.5) is 0 Å². The number of hydrogen-bond acceptors (Lipinski definition) is 0. The maximum absolute atomic E-state index is 2.52. The van der Waals surface area contributed by atoms with Crippen LogP contribution in [0.3, 0.4) is 0 Å². The van der Waals surface area contributed by atoms with Gasteiger partial charge in [-0.05, 0) is 91.0 Å². The molecule has 0 unspecified atom stereocenters. The van der Waals surface area contributed by atoms with Gasteiger partial charge in [-0.1, -0.05) is 97.1 Å². The monoisotopic (exact) mass is 688 g/mol. The first kappa shape index (κ1) is 29.3. The van der Waals surface area contributed by atoms with Crippen molar-refractivity contribution in [3.05, 3.63) is 194 Å². The fraction of sp³-hybridized carbons (Fsp3) is 0. The molecule has 0 aliphatic rings. The third-order valence-electron chi connectivity index (χ3n) is 11.4. The normalized spacial score (nSPS) is 12.1. The predicted octanol–water partition coefficient (Wildman–Crippen LogP) is 12.9. The molecule has 0 saturated heterocycles. The third-order valence-corrected chi connectivity index (χ3v) is 11.4. The SMILES string of the molecule is c1ccc(-n2ccc3c2ccc2c4cc5c6ccccc6n(-c6ccccc6)c5cc4n(-c4ccc5c(c4)c4ccccc4n5-c4ccccc4)c23)cc1. The lowest BCUT2D eigenvalue weighted by atomic mass is 10.1. The van der Waals surface area contributed by atoms with E-state index in [0.29, 0.717) is 0 Å². The molecule has 4 aromatic heterocycles. The Bertz CT molecular complexity index is 3410. The highest BCUT2D eigenvalue weighted by Gasteiger charge is 2.22. The van der Waals surface area contributed by atoms with Gasteiger partial charge in [0.05, 0.1) is 38.6 Å². The molecule has 12 rings (SSSR count). The second-order valence-corrected chi connectivity index (χ2v) is 14.2. The Labute approximate surface area is 310 Å². The van der Waals surface area contributed by atoms with Crippen molar-refractivity contribution in [2.75, 3.05) is 0 Å². The Kier molecular flexibility index (Phi) is 6.02. The van der Waals surface area contributed by atoms with Gasteiger partial charge in [0.15, 0.2) is 0 Å². The van der Waals surface area contributed by atoms with Crippen molar-refractivity contribution in [1.29, 1.82) is 0 Å². The number of hydrogen-bond donors (Lipinski definition) is 0. The van der Waals surface area contributed by atoms with E-state index in [0.717, 1.165) is 22.7 Å². The zero-order valence-corrected chi connectivity index (χ0v) is 29.3. The van der Waals surface area contributed by atoms with Crippen molar-refractivity contribution in [2.24, 2.45) is 0 Å². The molecule has 0 N–H and O–H groups in total. The van der Waals surface area contributed by atoms with Crippen molar-refractivity contribution >= 4 is 76.3 Å². The van der Waals surface area contributed by atoms with Crippen molar-refractivity contribution in [2.45, 2.75) is 0 Å². The first-order valence-corrected chi connectivity index (χ1v) is 18.5. The molecule has 0 radical (unpaired) electrons. The van der Waals surface area contributed by atoms with Gasteiger partial charge in [0, 0.05) is 66.6 Å². The van der Waals surface area contributed by atoms with Crippen LogP contribution in [0.2, 0.25) is 0 Å². The van der Waals surface area contributed by atoms with Gasteiger partial charge >= 0.3 is 0 Å². The number of fused-ring (bicyclic) bond motifs is 11. The first-order chi connectivity index (χ1) is 26.8. The van der Waals surface area contributed by atoms with E-state index in [9.17, 15) is 0 Å². The molecular weight excluding hydrogens is 657 g/mol. The van der Waals surface area contributed by atoms with Gasteiger partial charge < -0.3 is 18.3 Å². The van der Waals surface area contributed by atoms with E-state index in [1.807, 2.05) is 0 Å². The number of rotatable bonds is 4. The quantitative estimate of drug-likeness (QED) is 0.175. The van der Waals surface area contributed by atoms with E-state index >= 15 is 0 Å². The standard InChI is InChI=1S/C50H32N4/c1-4-14-33(15-5-1)51-29-28-40-44(51)27-25-39-43-31-42-38-21-11-13-23-46(38)53(35-18-8-3-9-19-35)48(42)32-49(43)54(50(39)40)36-24-26-47-41(30-36)37-20-10-12-22-45(37)52(47)34-16-6-2-7-17-34/h1-32H. The van der Waals surface area contributed by atoms with E-state index in [2.05, 4.69) is 213 Å². The van der Waals surface area contributed by atoms with E-state index in [1.165, 1.54) is 76.3 Å². The van der Waals surface area contributed by atoms with Gasteiger partial charge in [-0.15, -0.1) is 0 Å². The highest BCUT2D eigenvalue weighted by Crippen LogP contribution is 2.43. The summed E-state index contributed by atoms with van der Waals surface area (Å²) in [4.78, 5) is 0. The van der Waals surface area contributed by atoms with Gasteiger partial charge in [-0.2, -0.15) is 0 Å². The Morgan fingerprint density at radius 3 is 1.41 bits per heavy atom. The lowest BCUT2D eigenvalue weighted by molar-refractivity contribution is 1.13. The molecule has 0 fully saturated rings. The van der Waals surface area contributed by atoms with E-state index < -0.39 is 0 Å². The van der Waals surface area contributed by atoms with E-state index in [1.54, 1.807) is 0 Å². The molecule has 0 aliphatic carbocycles. The molecule has 252 valence electrons. The number of para-hydroxylation sites is 5. The van der Waals surface area contributed by atoms with Crippen LogP contribution in [-0.4, -0.2) is 18.3 Å². The van der Waals surface area contributed by atoms with Crippen molar-refractivity contribution in [3.63, 3.8) is 0 Å². The van der Waals surface area contributed by atoms with Gasteiger partial charge in [-0.25, -0.2) is 0 Å². The molecule has 0 atom stereocenters. The molecular formula is C50H32N4. The topological polar surface area (TPSA) is 19.7 Å². The smallest absolute Gasteiger partial charge is 0.0635 e. The van der Waals surface area contributed by atoms with Crippen LogP contribution in [0.1, 0.15) is 0 Å². The average molecular weight is 689 g/mol. The second kappa shape index (κ2) is 11.1. The fourth-order valence-electron chi connectivity index (χ4n) is 9.08. The Morgan fingerprint density at radius 2 is 0.741 bits per heavy atom. The number of aromatic nitrogens is 4. The zero-order valence-electron chi connectivity index (χ0n) is 29.3. The Balaban J connectivity index is 1.23. The summed E-state index contributed by atoms with van der Waals surface area (Å²) in [5.74, 6) is 0. The van der Waals surface area contributed by atoms with Crippen molar-refractivity contribution < 1.29 is 0 Å². The summed E-state index contributed by atoms with van der Waals surface area (Å²) in [6.45, 7) is 0. The van der Waals surface area contributed by atoms with Crippen molar-refractivity contribution in [1.82, 2.24) is 18.3 Å². The molecule has 0 bridgehead atoms. The number of benzene rings is 8. The molecule has 54 heavy (non-hydrogen) atoms. The van der Waals surface area contributed by atoms with Gasteiger partial charge in [0.2, 0.25) is 0 Å². The molecule has 12 aromatic rings. The minimum absolute atomic E-state index is 1.14. The maximum Gasteiger partial charge on any atom is 0.0635 e. The summed E-state index contributed by atoms with van der Waals surface area (Å²) < 4.78 is 9.63. The summed E-state index contributed by atoms with van der Waals surface area (Å²) in [5, 5.41) is 8.69. The summed E-state index contributed by atoms with van der Waals surface area (Å²) in [5.41, 5.74) is 13.0. The molecule has 8 aromatic carbocycles. The molecule has 4 nitrogen and oxygen atoms in total. The molecule has 0 spiro atoms. The zero-order chi connectivity index (χ0) is 35.3. The summed E-state index contributed by atoms with van der Waals surface area (Å²) >= 11 is 0. The fourth-order valence-corrected chi connectivity index (χ4v) is 9.08. The van der Waals surface area contributed by atoms with Crippen LogP contribution in [0.15, 0.2) is 194 Å². The lowest BCUT2D eigenvalue weighted by Gasteiger charge is -2.12. The minimum Gasteiger partial charge on any atom is -0.316 e. The van der Waals surface area contributed by atoms with Crippen LogP contribution in [0, 0.1) is 0 Å². The first-order valence-electron chi connectivity index (χ1n) is 18.5. The molecule has 0 amide bonds. The second-order valence-electron chi connectivity index (χ2n) is 14.2. The molecule has 0 saturated carbocycles. The van der Waals surface area contributed by atoms with Gasteiger partial charge in [0.1, 0.15) is 0 Å². The summed E-state index contributed by atoms with van der Waals surface area (Å²) in [6, 6.07) is 68.5. The van der Waals surface area contributed by atoms with Crippen molar-refractivity contribution in [3.8, 4) is 22.7 Å². The van der Waals surface area contributed by atoms with Crippen LogP contribution in [-0.2, 0) is 0 Å². The summed E-state index contributed by atoms with van der Waals surface area (Å²) in [7, 11) is 0. The Morgan fingerprint density at radius 1 is 0.241 bits per heavy atom. The Hall–Kier alpha value is -7.30. The highest BCUT2D eigenvalue weighted by molar-refractivity contribution is 6.23. The lowest BCUT2D eigenvalue weighted by Crippen LogP contribution is -1.97.